The summed E-state index contributed by atoms with van der Waals surface area (Å²) in [7, 11) is 0. The fourth-order valence-corrected chi connectivity index (χ4v) is 2.79. The maximum atomic E-state index is 12.6. The number of likely N-dealkylation sites (tertiary alicyclic amines) is 1. The Morgan fingerprint density at radius 1 is 1.42 bits per heavy atom. The minimum Gasteiger partial charge on any atom is -0.393 e. The third-order valence-electron chi connectivity index (χ3n) is 4.08. The zero-order valence-corrected chi connectivity index (χ0v) is 11.7. The van der Waals surface area contributed by atoms with Crippen LogP contribution < -0.4 is 0 Å². The Hall–Kier alpha value is -1.35. The van der Waals surface area contributed by atoms with E-state index in [-0.39, 0.29) is 23.8 Å². The van der Waals surface area contributed by atoms with Gasteiger partial charge in [0.25, 0.3) is 0 Å². The van der Waals surface area contributed by atoms with E-state index in [0.717, 1.165) is 12.0 Å². The van der Waals surface area contributed by atoms with Crippen molar-refractivity contribution in [1.29, 1.82) is 0 Å². The molecule has 1 fully saturated rings. The van der Waals surface area contributed by atoms with E-state index < -0.39 is 0 Å². The van der Waals surface area contributed by atoms with Crippen LogP contribution in [0.5, 0.6) is 0 Å². The Bertz CT molecular complexity index is 418. The van der Waals surface area contributed by atoms with Crippen molar-refractivity contribution in [3.8, 4) is 0 Å². The third kappa shape index (κ3) is 3.16. The molecular formula is C16H23NO2. The van der Waals surface area contributed by atoms with E-state index in [2.05, 4.69) is 6.92 Å². The summed E-state index contributed by atoms with van der Waals surface area (Å²) in [4.78, 5) is 14.5. The molecule has 0 aromatic heterocycles. The molecular weight excluding hydrogens is 238 g/mol. The van der Waals surface area contributed by atoms with Crippen molar-refractivity contribution in [1.82, 2.24) is 4.90 Å². The average molecular weight is 261 g/mol. The Balaban J connectivity index is 2.09. The van der Waals surface area contributed by atoms with Crippen LogP contribution in [0.3, 0.4) is 0 Å². The van der Waals surface area contributed by atoms with Gasteiger partial charge in [-0.15, -0.1) is 0 Å². The highest BCUT2D eigenvalue weighted by molar-refractivity contribution is 5.83. The van der Waals surface area contributed by atoms with Gasteiger partial charge in [0, 0.05) is 13.1 Å². The molecule has 1 aromatic rings. The monoisotopic (exact) mass is 261 g/mol. The topological polar surface area (TPSA) is 40.5 Å². The first-order valence-electron chi connectivity index (χ1n) is 7.15. The van der Waals surface area contributed by atoms with Gasteiger partial charge < -0.3 is 10.0 Å². The molecule has 0 bridgehead atoms. The van der Waals surface area contributed by atoms with E-state index in [4.69, 9.17) is 0 Å². The fourth-order valence-electron chi connectivity index (χ4n) is 2.79. The van der Waals surface area contributed by atoms with Crippen molar-refractivity contribution >= 4 is 5.91 Å². The normalized spacial score (nSPS) is 25.1. The Kier molecular flexibility index (Phi) is 4.59. The van der Waals surface area contributed by atoms with Gasteiger partial charge in [0.05, 0.1) is 12.0 Å². The van der Waals surface area contributed by atoms with Gasteiger partial charge in [-0.2, -0.15) is 0 Å². The quantitative estimate of drug-likeness (QED) is 0.907. The lowest BCUT2D eigenvalue weighted by Crippen LogP contribution is -2.46. The number of nitrogens with zero attached hydrogens (tertiary/aromatic N) is 1. The van der Waals surface area contributed by atoms with E-state index in [1.165, 1.54) is 0 Å². The van der Waals surface area contributed by atoms with Crippen LogP contribution in [0.15, 0.2) is 30.3 Å². The summed E-state index contributed by atoms with van der Waals surface area (Å²) in [6.45, 7) is 5.41. The summed E-state index contributed by atoms with van der Waals surface area (Å²) < 4.78 is 0. The van der Waals surface area contributed by atoms with Crippen LogP contribution in [0.2, 0.25) is 0 Å². The maximum Gasteiger partial charge on any atom is 0.230 e. The number of hydrogen-bond donors (Lipinski definition) is 1. The third-order valence-corrected chi connectivity index (χ3v) is 4.08. The molecule has 19 heavy (non-hydrogen) atoms. The molecule has 1 saturated heterocycles. The standard InChI is InChI=1S/C16H23NO2/c1-3-14(13-7-5-4-6-8-13)16(19)17-10-9-15(18)12(2)11-17/h4-8,12,14-15,18H,3,9-11H2,1-2H3. The predicted molar refractivity (Wildman–Crippen MR) is 75.8 cm³/mol. The average Bonchev–Trinajstić information content (AvgIpc) is 2.44. The maximum absolute atomic E-state index is 12.6. The minimum absolute atomic E-state index is 0.0522. The molecule has 3 unspecified atom stereocenters. The summed E-state index contributed by atoms with van der Waals surface area (Å²) in [5, 5.41) is 9.75. The summed E-state index contributed by atoms with van der Waals surface area (Å²) in [5.41, 5.74) is 1.09. The number of carbonyl (C=O) groups excluding carboxylic acids is 1. The van der Waals surface area contributed by atoms with Crippen LogP contribution in [-0.4, -0.2) is 35.1 Å². The largest absolute Gasteiger partial charge is 0.393 e. The highest BCUT2D eigenvalue weighted by atomic mass is 16.3. The zero-order chi connectivity index (χ0) is 13.8. The number of aliphatic hydroxyl groups excluding tert-OH is 1. The molecule has 1 aliphatic heterocycles. The van der Waals surface area contributed by atoms with Gasteiger partial charge in [0.1, 0.15) is 0 Å². The molecule has 3 nitrogen and oxygen atoms in total. The van der Waals surface area contributed by atoms with Gasteiger partial charge in [-0.25, -0.2) is 0 Å². The fraction of sp³-hybridized carbons (Fsp3) is 0.562. The molecule has 104 valence electrons. The number of benzene rings is 1. The number of rotatable bonds is 3. The number of carbonyl (C=O) groups is 1. The van der Waals surface area contributed by atoms with Crippen LogP contribution in [0.1, 0.15) is 38.2 Å². The summed E-state index contributed by atoms with van der Waals surface area (Å²) >= 11 is 0. The first-order valence-corrected chi connectivity index (χ1v) is 7.15. The van der Waals surface area contributed by atoms with E-state index >= 15 is 0 Å². The molecule has 0 aliphatic carbocycles. The first-order chi connectivity index (χ1) is 9.13. The molecule has 0 radical (unpaired) electrons. The molecule has 1 N–H and O–H groups in total. The molecule has 2 rings (SSSR count). The van der Waals surface area contributed by atoms with Gasteiger partial charge in [0.2, 0.25) is 5.91 Å². The second kappa shape index (κ2) is 6.20. The number of piperidine rings is 1. The summed E-state index contributed by atoms with van der Waals surface area (Å²) in [6, 6.07) is 9.98. The Morgan fingerprint density at radius 2 is 2.11 bits per heavy atom. The van der Waals surface area contributed by atoms with Crippen molar-refractivity contribution in [2.24, 2.45) is 5.92 Å². The summed E-state index contributed by atoms with van der Waals surface area (Å²) in [6.07, 6.45) is 1.25. The zero-order valence-electron chi connectivity index (χ0n) is 11.7. The molecule has 1 heterocycles. The highest BCUT2D eigenvalue weighted by Crippen LogP contribution is 2.25. The van der Waals surface area contributed by atoms with Crippen molar-refractivity contribution in [2.45, 2.75) is 38.7 Å². The molecule has 0 saturated carbocycles. The summed E-state index contributed by atoms with van der Waals surface area (Å²) in [5.74, 6) is 0.321. The van der Waals surface area contributed by atoms with Crippen LogP contribution >= 0.6 is 0 Å². The van der Waals surface area contributed by atoms with Gasteiger partial charge in [-0.1, -0.05) is 44.2 Å². The highest BCUT2D eigenvalue weighted by Gasteiger charge is 2.30. The second-order valence-electron chi connectivity index (χ2n) is 5.49. The van der Waals surface area contributed by atoms with Gasteiger partial charge in [-0.05, 0) is 24.3 Å². The lowest BCUT2D eigenvalue weighted by atomic mass is 9.91. The number of aliphatic hydroxyl groups is 1. The molecule has 3 atom stereocenters. The van der Waals surface area contributed by atoms with Crippen molar-refractivity contribution in [3.63, 3.8) is 0 Å². The van der Waals surface area contributed by atoms with Crippen LogP contribution in [0.4, 0.5) is 0 Å². The Morgan fingerprint density at radius 3 is 2.68 bits per heavy atom. The Labute approximate surface area is 115 Å². The number of hydrogen-bond acceptors (Lipinski definition) is 2. The number of amides is 1. The van der Waals surface area contributed by atoms with Crippen LogP contribution in [0.25, 0.3) is 0 Å². The van der Waals surface area contributed by atoms with Crippen molar-refractivity contribution in [3.05, 3.63) is 35.9 Å². The molecule has 3 heteroatoms. The van der Waals surface area contributed by atoms with E-state index in [1.54, 1.807) is 0 Å². The predicted octanol–water partition coefficient (Wildman–Crippen LogP) is 2.41. The van der Waals surface area contributed by atoms with Gasteiger partial charge in [0.15, 0.2) is 0 Å². The van der Waals surface area contributed by atoms with Crippen LogP contribution in [-0.2, 0) is 4.79 Å². The van der Waals surface area contributed by atoms with Gasteiger partial charge >= 0.3 is 0 Å². The van der Waals surface area contributed by atoms with E-state index in [9.17, 15) is 9.90 Å². The van der Waals surface area contributed by atoms with E-state index in [1.807, 2.05) is 42.2 Å². The molecule has 1 aromatic carbocycles. The lowest BCUT2D eigenvalue weighted by molar-refractivity contribution is -0.136. The molecule has 1 aliphatic rings. The van der Waals surface area contributed by atoms with Gasteiger partial charge in [-0.3, -0.25) is 4.79 Å². The van der Waals surface area contributed by atoms with Crippen molar-refractivity contribution in [2.75, 3.05) is 13.1 Å². The smallest absolute Gasteiger partial charge is 0.230 e. The first kappa shape index (κ1) is 14.1. The van der Waals surface area contributed by atoms with E-state index in [0.29, 0.717) is 19.5 Å². The molecule has 1 amide bonds. The minimum atomic E-state index is -0.263. The SMILES string of the molecule is CCC(C(=O)N1CCC(O)C(C)C1)c1ccccc1. The molecule has 0 spiro atoms. The lowest BCUT2D eigenvalue weighted by Gasteiger charge is -2.36. The van der Waals surface area contributed by atoms with Crippen molar-refractivity contribution < 1.29 is 9.90 Å². The second-order valence-corrected chi connectivity index (χ2v) is 5.49. The van der Waals surface area contributed by atoms with Crippen LogP contribution in [0, 0.1) is 5.92 Å².